The van der Waals surface area contributed by atoms with Crippen LogP contribution in [0.2, 0.25) is 0 Å². The largest absolute Gasteiger partial charge is 0.497 e. The Kier molecular flexibility index (Phi) is 5.83. The zero-order valence-corrected chi connectivity index (χ0v) is 18.1. The predicted octanol–water partition coefficient (Wildman–Crippen LogP) is 4.18. The van der Waals surface area contributed by atoms with Crippen LogP contribution >= 0.6 is 11.3 Å². The minimum Gasteiger partial charge on any atom is -0.497 e. The first-order valence-electron chi connectivity index (χ1n) is 10.1. The maximum absolute atomic E-state index is 13.0. The summed E-state index contributed by atoms with van der Waals surface area (Å²) in [5.74, 6) is 0.804. The Morgan fingerprint density at radius 1 is 1.31 bits per heavy atom. The van der Waals surface area contributed by atoms with Crippen molar-refractivity contribution < 1.29 is 9.53 Å². The molecule has 1 N–H and O–H groups in total. The molecule has 3 aromatic rings. The molecular formula is C23H27N3O2S. The number of hydrogen-bond acceptors (Lipinski definition) is 5. The predicted molar refractivity (Wildman–Crippen MR) is 118 cm³/mol. The molecule has 152 valence electrons. The van der Waals surface area contributed by atoms with Crippen molar-refractivity contribution in [3.05, 3.63) is 57.6 Å². The molecule has 1 aliphatic heterocycles. The third kappa shape index (κ3) is 4.14. The quantitative estimate of drug-likeness (QED) is 0.664. The van der Waals surface area contributed by atoms with E-state index in [1.165, 1.54) is 22.6 Å². The summed E-state index contributed by atoms with van der Waals surface area (Å²) in [5, 5.41) is 4.24. The molecule has 0 spiro atoms. The average Bonchev–Trinajstić information content (AvgIpc) is 3.08. The number of benzene rings is 1. The first-order chi connectivity index (χ1) is 14.1. The summed E-state index contributed by atoms with van der Waals surface area (Å²) in [5.41, 5.74) is 4.67. The fourth-order valence-corrected chi connectivity index (χ4v) is 5.00. The molecule has 0 fully saturated rings. The highest BCUT2D eigenvalue weighted by Gasteiger charge is 2.22. The topological polar surface area (TPSA) is 54.5 Å². The van der Waals surface area contributed by atoms with Crippen LogP contribution in [0, 0.1) is 0 Å². The maximum Gasteiger partial charge on any atom is 0.262 e. The molecule has 0 atom stereocenters. The van der Waals surface area contributed by atoms with E-state index in [0.717, 1.165) is 64.3 Å². The average molecular weight is 410 g/mol. The van der Waals surface area contributed by atoms with E-state index in [9.17, 15) is 4.79 Å². The van der Waals surface area contributed by atoms with Crippen LogP contribution in [0.1, 0.15) is 45.4 Å². The zero-order chi connectivity index (χ0) is 20.4. The van der Waals surface area contributed by atoms with Gasteiger partial charge in [-0.3, -0.25) is 4.79 Å². The molecule has 2 aromatic heterocycles. The molecule has 4 rings (SSSR count). The van der Waals surface area contributed by atoms with E-state index in [0.29, 0.717) is 6.54 Å². The number of aryl methyl sites for hydroxylation is 1. The number of fused-ring (bicyclic) bond motifs is 2. The Morgan fingerprint density at radius 2 is 2.10 bits per heavy atom. The Morgan fingerprint density at radius 3 is 2.83 bits per heavy atom. The van der Waals surface area contributed by atoms with Crippen LogP contribution in [-0.2, 0) is 25.9 Å². The van der Waals surface area contributed by atoms with Gasteiger partial charge in [0.15, 0.2) is 0 Å². The normalized spacial score (nSPS) is 14.0. The molecule has 0 saturated carbocycles. The van der Waals surface area contributed by atoms with Crippen LogP contribution in [0.3, 0.4) is 0 Å². The molecule has 0 radical (unpaired) electrons. The van der Waals surface area contributed by atoms with E-state index < -0.39 is 0 Å². The van der Waals surface area contributed by atoms with Crippen LogP contribution in [0.25, 0.3) is 10.2 Å². The molecule has 0 saturated heterocycles. The molecule has 29 heavy (non-hydrogen) atoms. The smallest absolute Gasteiger partial charge is 0.262 e. The van der Waals surface area contributed by atoms with Gasteiger partial charge in [0.2, 0.25) is 0 Å². The van der Waals surface area contributed by atoms with E-state index in [2.05, 4.69) is 30.3 Å². The molecule has 1 aromatic carbocycles. The van der Waals surface area contributed by atoms with Gasteiger partial charge in [0.25, 0.3) is 5.91 Å². The van der Waals surface area contributed by atoms with Crippen molar-refractivity contribution in [2.24, 2.45) is 0 Å². The lowest BCUT2D eigenvalue weighted by Gasteiger charge is -2.24. The van der Waals surface area contributed by atoms with Gasteiger partial charge in [0.1, 0.15) is 10.6 Å². The van der Waals surface area contributed by atoms with Gasteiger partial charge < -0.3 is 15.0 Å². The Bertz CT molecular complexity index is 1030. The number of nitrogens with zero attached hydrogens (tertiary/aromatic N) is 2. The summed E-state index contributed by atoms with van der Waals surface area (Å²) < 4.78 is 5.19. The highest BCUT2D eigenvalue weighted by atomic mass is 32.1. The number of aromatic nitrogens is 1. The fraction of sp³-hybridized carbons (Fsp3) is 0.391. The minimum atomic E-state index is -0.0117. The molecule has 0 unspecified atom stereocenters. The summed E-state index contributed by atoms with van der Waals surface area (Å²) in [6.45, 7) is 4.62. The third-order valence-electron chi connectivity index (χ3n) is 5.44. The van der Waals surface area contributed by atoms with Crippen LogP contribution in [0.5, 0.6) is 5.75 Å². The first-order valence-corrected chi connectivity index (χ1v) is 10.9. The van der Waals surface area contributed by atoms with E-state index in [1.807, 2.05) is 24.3 Å². The van der Waals surface area contributed by atoms with Crippen molar-refractivity contribution in [1.82, 2.24) is 15.2 Å². The number of carbonyl (C=O) groups excluding carboxylic acids is 1. The number of methoxy groups -OCH3 is 1. The van der Waals surface area contributed by atoms with Gasteiger partial charge in [0.05, 0.1) is 12.0 Å². The summed E-state index contributed by atoms with van der Waals surface area (Å²) in [7, 11) is 3.79. The van der Waals surface area contributed by atoms with Gasteiger partial charge in [0, 0.05) is 37.1 Å². The van der Waals surface area contributed by atoms with E-state index in [4.69, 9.17) is 9.72 Å². The highest BCUT2D eigenvalue weighted by molar-refractivity contribution is 7.20. The molecule has 3 heterocycles. The molecule has 0 aliphatic carbocycles. The lowest BCUT2D eigenvalue weighted by Crippen LogP contribution is -2.27. The number of nitrogens with one attached hydrogen (secondary N) is 1. The van der Waals surface area contributed by atoms with Crippen LogP contribution < -0.4 is 10.1 Å². The number of amides is 1. The van der Waals surface area contributed by atoms with Crippen LogP contribution in [0.15, 0.2) is 30.3 Å². The Hall–Kier alpha value is -2.44. The molecular weight excluding hydrogens is 382 g/mol. The first kappa shape index (κ1) is 19.9. The van der Waals surface area contributed by atoms with E-state index >= 15 is 0 Å². The number of hydrogen-bond donors (Lipinski definition) is 1. The van der Waals surface area contributed by atoms with Crippen molar-refractivity contribution in [1.29, 1.82) is 0 Å². The van der Waals surface area contributed by atoms with Gasteiger partial charge in [-0.2, -0.15) is 0 Å². The van der Waals surface area contributed by atoms with Crippen molar-refractivity contribution in [3.63, 3.8) is 0 Å². The number of carbonyl (C=O) groups is 1. The maximum atomic E-state index is 13.0. The Labute approximate surface area is 175 Å². The van der Waals surface area contributed by atoms with Gasteiger partial charge in [-0.25, -0.2) is 4.98 Å². The van der Waals surface area contributed by atoms with Crippen LogP contribution in [-0.4, -0.2) is 36.5 Å². The summed E-state index contributed by atoms with van der Waals surface area (Å²) in [6.07, 6.45) is 2.87. The number of pyridine rings is 1. The molecule has 1 amide bonds. The van der Waals surface area contributed by atoms with Crippen molar-refractivity contribution >= 4 is 27.5 Å². The molecule has 6 heteroatoms. The van der Waals surface area contributed by atoms with Gasteiger partial charge in [-0.05, 0) is 48.4 Å². The SMILES string of the molecule is CCCc1c(C(=O)NCc2ccc(OC)cc2)sc2nc3c(cc12)CN(C)CC3. The standard InChI is InChI=1S/C23H27N3O2S/c1-4-5-18-19-12-16-14-26(2)11-10-20(16)25-23(19)29-21(18)22(27)24-13-15-6-8-17(28-3)9-7-15/h6-9,12H,4-5,10-11,13-14H2,1-3H3,(H,24,27). The van der Waals surface area contributed by atoms with Gasteiger partial charge in [-0.1, -0.05) is 25.5 Å². The monoisotopic (exact) mass is 409 g/mol. The van der Waals surface area contributed by atoms with Gasteiger partial charge in [-0.15, -0.1) is 11.3 Å². The fourth-order valence-electron chi connectivity index (χ4n) is 3.86. The van der Waals surface area contributed by atoms with Crippen molar-refractivity contribution in [2.75, 3.05) is 20.7 Å². The van der Waals surface area contributed by atoms with E-state index in [1.54, 1.807) is 7.11 Å². The highest BCUT2D eigenvalue weighted by Crippen LogP contribution is 2.34. The number of likely N-dealkylation sites (N-methyl/N-ethyl adjacent to an activating group) is 1. The summed E-state index contributed by atoms with van der Waals surface area (Å²) in [4.78, 5) is 22.1. The van der Waals surface area contributed by atoms with Crippen molar-refractivity contribution in [2.45, 2.75) is 39.3 Å². The Balaban J connectivity index is 1.61. The third-order valence-corrected chi connectivity index (χ3v) is 6.58. The lowest BCUT2D eigenvalue weighted by molar-refractivity contribution is 0.0954. The van der Waals surface area contributed by atoms with Gasteiger partial charge >= 0.3 is 0 Å². The molecule has 0 bridgehead atoms. The second-order valence-corrected chi connectivity index (χ2v) is 8.62. The summed E-state index contributed by atoms with van der Waals surface area (Å²) >= 11 is 1.53. The molecule has 5 nitrogen and oxygen atoms in total. The number of thiophene rings is 1. The summed E-state index contributed by atoms with van der Waals surface area (Å²) in [6, 6.07) is 10.0. The number of rotatable bonds is 6. The lowest BCUT2D eigenvalue weighted by atomic mass is 10.0. The number of ether oxygens (including phenoxy) is 1. The van der Waals surface area contributed by atoms with Crippen LogP contribution in [0.4, 0.5) is 0 Å². The van der Waals surface area contributed by atoms with E-state index in [-0.39, 0.29) is 5.91 Å². The minimum absolute atomic E-state index is 0.0117. The second kappa shape index (κ2) is 8.51. The zero-order valence-electron chi connectivity index (χ0n) is 17.2. The van der Waals surface area contributed by atoms with Crippen molar-refractivity contribution in [3.8, 4) is 5.75 Å². The second-order valence-electron chi connectivity index (χ2n) is 7.63. The molecule has 1 aliphatic rings.